The molecule has 1 fully saturated rings. The predicted octanol–water partition coefficient (Wildman–Crippen LogP) is 1.53. The molecule has 0 aromatic carbocycles. The van der Waals surface area contributed by atoms with Crippen molar-refractivity contribution in [2.24, 2.45) is 0 Å². The maximum atomic E-state index is 9.18. The lowest BCUT2D eigenvalue weighted by Crippen LogP contribution is -2.33. The van der Waals surface area contributed by atoms with E-state index >= 15 is 0 Å². The summed E-state index contributed by atoms with van der Waals surface area (Å²) in [7, 11) is 0. The minimum atomic E-state index is -0.175. The highest BCUT2D eigenvalue weighted by Crippen LogP contribution is 2.22. The number of nitrogens with zero attached hydrogens (tertiary/aromatic N) is 4. The molecule has 4 nitrogen and oxygen atoms in total. The average Bonchev–Trinajstić information content (AvgIpc) is 2.33. The fraction of sp³-hybridized carbons (Fsp3) is 0.545. The Hall–Kier alpha value is -1.47. The molecule has 0 N–H and O–H groups in total. The Morgan fingerprint density at radius 1 is 1.20 bits per heavy atom. The molecule has 4 heteroatoms. The molecule has 2 rings (SSSR count). The second-order valence-electron chi connectivity index (χ2n) is 3.80. The van der Waals surface area contributed by atoms with Crippen molar-refractivity contribution in [2.45, 2.75) is 25.3 Å². The standard InChI is InChI=1S/C11H14N4/c12-6-11(10-7-13-9-14-8-10)15-4-2-1-3-5-15/h7-9,11H,1-5H2. The first-order valence-corrected chi connectivity index (χ1v) is 5.30. The molecule has 1 atom stereocenters. The Morgan fingerprint density at radius 3 is 2.47 bits per heavy atom. The van der Waals surface area contributed by atoms with Crippen molar-refractivity contribution in [2.75, 3.05) is 13.1 Å². The van der Waals surface area contributed by atoms with Gasteiger partial charge in [-0.3, -0.25) is 4.90 Å². The summed E-state index contributed by atoms with van der Waals surface area (Å²) >= 11 is 0. The molecule has 0 bridgehead atoms. The fourth-order valence-electron chi connectivity index (χ4n) is 2.00. The van der Waals surface area contributed by atoms with Gasteiger partial charge < -0.3 is 0 Å². The summed E-state index contributed by atoms with van der Waals surface area (Å²) in [5.74, 6) is 0. The van der Waals surface area contributed by atoms with E-state index in [4.69, 9.17) is 0 Å². The van der Waals surface area contributed by atoms with E-state index in [1.54, 1.807) is 12.4 Å². The van der Waals surface area contributed by atoms with Crippen LogP contribution in [0.2, 0.25) is 0 Å². The number of rotatable bonds is 2. The minimum absolute atomic E-state index is 0.175. The second-order valence-corrected chi connectivity index (χ2v) is 3.80. The van der Waals surface area contributed by atoms with Crippen molar-refractivity contribution in [1.29, 1.82) is 5.26 Å². The van der Waals surface area contributed by atoms with Gasteiger partial charge in [0.25, 0.3) is 0 Å². The van der Waals surface area contributed by atoms with E-state index in [2.05, 4.69) is 20.9 Å². The van der Waals surface area contributed by atoms with Gasteiger partial charge in [0.15, 0.2) is 0 Å². The van der Waals surface area contributed by atoms with Crippen LogP contribution in [0.25, 0.3) is 0 Å². The van der Waals surface area contributed by atoms with Crippen molar-refractivity contribution >= 4 is 0 Å². The molecule has 1 saturated heterocycles. The molecule has 0 spiro atoms. The number of hydrogen-bond donors (Lipinski definition) is 0. The summed E-state index contributed by atoms with van der Waals surface area (Å²) in [4.78, 5) is 10.1. The van der Waals surface area contributed by atoms with Crippen molar-refractivity contribution in [3.05, 3.63) is 24.3 Å². The molecular formula is C11H14N4. The molecule has 0 aliphatic carbocycles. The lowest BCUT2D eigenvalue weighted by Gasteiger charge is -2.30. The van der Waals surface area contributed by atoms with Gasteiger partial charge in [-0.2, -0.15) is 5.26 Å². The largest absolute Gasteiger partial charge is 0.284 e. The van der Waals surface area contributed by atoms with Crippen LogP contribution in [-0.4, -0.2) is 28.0 Å². The number of likely N-dealkylation sites (tertiary alicyclic amines) is 1. The van der Waals surface area contributed by atoms with E-state index in [1.807, 2.05) is 0 Å². The summed E-state index contributed by atoms with van der Waals surface area (Å²) in [5.41, 5.74) is 0.905. The van der Waals surface area contributed by atoms with Crippen LogP contribution in [0.15, 0.2) is 18.7 Å². The third kappa shape index (κ3) is 2.31. The highest BCUT2D eigenvalue weighted by Gasteiger charge is 2.21. The van der Waals surface area contributed by atoms with Crippen LogP contribution >= 0.6 is 0 Å². The smallest absolute Gasteiger partial charge is 0.126 e. The van der Waals surface area contributed by atoms with Crippen LogP contribution in [0.4, 0.5) is 0 Å². The van der Waals surface area contributed by atoms with E-state index < -0.39 is 0 Å². The van der Waals surface area contributed by atoms with Gasteiger partial charge in [0.1, 0.15) is 12.4 Å². The summed E-state index contributed by atoms with van der Waals surface area (Å²) in [5, 5.41) is 9.18. The van der Waals surface area contributed by atoms with Gasteiger partial charge >= 0.3 is 0 Å². The van der Waals surface area contributed by atoms with Gasteiger partial charge in [-0.25, -0.2) is 9.97 Å². The molecule has 1 aliphatic heterocycles. The van der Waals surface area contributed by atoms with Crippen molar-refractivity contribution in [3.63, 3.8) is 0 Å². The van der Waals surface area contributed by atoms with E-state index in [0.717, 1.165) is 18.7 Å². The van der Waals surface area contributed by atoms with Crippen molar-refractivity contribution < 1.29 is 0 Å². The molecule has 1 aromatic rings. The molecule has 1 unspecified atom stereocenters. The Balaban J connectivity index is 2.14. The third-order valence-corrected chi connectivity index (χ3v) is 2.77. The maximum absolute atomic E-state index is 9.18. The van der Waals surface area contributed by atoms with Gasteiger partial charge in [0, 0.05) is 18.0 Å². The van der Waals surface area contributed by atoms with E-state index in [1.165, 1.54) is 25.6 Å². The van der Waals surface area contributed by atoms with Crippen LogP contribution < -0.4 is 0 Å². The van der Waals surface area contributed by atoms with Gasteiger partial charge in [-0.05, 0) is 25.9 Å². The molecule has 1 aliphatic rings. The number of piperidine rings is 1. The topological polar surface area (TPSA) is 52.8 Å². The quantitative estimate of drug-likeness (QED) is 0.729. The van der Waals surface area contributed by atoms with Crippen LogP contribution in [0.1, 0.15) is 30.9 Å². The SMILES string of the molecule is N#CC(c1cncnc1)N1CCCCC1. The fourth-order valence-corrected chi connectivity index (χ4v) is 2.00. The third-order valence-electron chi connectivity index (χ3n) is 2.77. The number of aromatic nitrogens is 2. The maximum Gasteiger partial charge on any atom is 0.126 e. The summed E-state index contributed by atoms with van der Waals surface area (Å²) in [6.07, 6.45) is 8.61. The monoisotopic (exact) mass is 202 g/mol. The van der Waals surface area contributed by atoms with Gasteiger partial charge in [-0.15, -0.1) is 0 Å². The molecule has 78 valence electrons. The Kier molecular flexibility index (Phi) is 3.25. The molecule has 0 radical (unpaired) electrons. The number of hydrogen-bond acceptors (Lipinski definition) is 4. The molecule has 15 heavy (non-hydrogen) atoms. The first kappa shape index (κ1) is 10.1. The normalized spacial score (nSPS) is 19.4. The van der Waals surface area contributed by atoms with Gasteiger partial charge in [0.2, 0.25) is 0 Å². The van der Waals surface area contributed by atoms with Crippen molar-refractivity contribution in [3.8, 4) is 6.07 Å². The lowest BCUT2D eigenvalue weighted by atomic mass is 10.1. The Morgan fingerprint density at radius 2 is 1.87 bits per heavy atom. The zero-order valence-corrected chi connectivity index (χ0v) is 8.63. The molecule has 1 aromatic heterocycles. The number of nitriles is 1. The lowest BCUT2D eigenvalue weighted by molar-refractivity contribution is 0.195. The zero-order chi connectivity index (χ0) is 10.5. The van der Waals surface area contributed by atoms with Gasteiger partial charge in [0.05, 0.1) is 6.07 Å². The highest BCUT2D eigenvalue weighted by molar-refractivity contribution is 5.17. The molecule has 2 heterocycles. The average molecular weight is 202 g/mol. The van der Waals surface area contributed by atoms with E-state index in [-0.39, 0.29) is 6.04 Å². The first-order chi connectivity index (χ1) is 7.42. The highest BCUT2D eigenvalue weighted by atomic mass is 15.2. The van der Waals surface area contributed by atoms with Crippen molar-refractivity contribution in [1.82, 2.24) is 14.9 Å². The zero-order valence-electron chi connectivity index (χ0n) is 8.63. The van der Waals surface area contributed by atoms with Crippen LogP contribution in [0.5, 0.6) is 0 Å². The van der Waals surface area contributed by atoms with E-state index in [0.29, 0.717) is 0 Å². The van der Waals surface area contributed by atoms with Gasteiger partial charge in [-0.1, -0.05) is 6.42 Å². The van der Waals surface area contributed by atoms with Crippen LogP contribution in [0, 0.1) is 11.3 Å². The summed E-state index contributed by atoms with van der Waals surface area (Å²) in [6, 6.07) is 2.16. The second kappa shape index (κ2) is 4.85. The van der Waals surface area contributed by atoms with Crippen LogP contribution in [0.3, 0.4) is 0 Å². The predicted molar refractivity (Wildman–Crippen MR) is 55.8 cm³/mol. The summed E-state index contributed by atoms with van der Waals surface area (Å²) < 4.78 is 0. The molecular weight excluding hydrogens is 188 g/mol. The Labute approximate surface area is 89.6 Å². The first-order valence-electron chi connectivity index (χ1n) is 5.30. The Bertz CT molecular complexity index is 337. The minimum Gasteiger partial charge on any atom is -0.284 e. The van der Waals surface area contributed by atoms with Crippen LogP contribution in [-0.2, 0) is 0 Å². The molecule has 0 saturated carbocycles. The van der Waals surface area contributed by atoms with E-state index in [9.17, 15) is 5.26 Å². The molecule has 0 amide bonds. The summed E-state index contributed by atoms with van der Waals surface area (Å²) in [6.45, 7) is 2.01.